The standard InChI is InChI=1S/C36H70O3.Ba.Zn.2H/c1-3-5-7-9-11-13-15-17-19-21-23-25-27-29-31-33-35(37)39-36(38)34-32-30-28-26-24-22-20-18-16-14-12-10-8-6-4-2;;;;/h3-34H2,1-2H3;;;;. The monoisotopic (exact) mass is 754 g/mol. The molecule has 0 atom stereocenters. The maximum atomic E-state index is 11.9. The van der Waals surface area contributed by atoms with E-state index in [9.17, 15) is 9.59 Å². The minimum absolute atomic E-state index is 0. The van der Waals surface area contributed by atoms with Gasteiger partial charge in [0, 0.05) is 32.3 Å². The van der Waals surface area contributed by atoms with Gasteiger partial charge >= 0.3 is 60.8 Å². The fourth-order valence-electron chi connectivity index (χ4n) is 5.51. The molecular formula is C36H72BaO3Zn. The Morgan fingerprint density at radius 2 is 0.512 bits per heavy atom. The summed E-state index contributed by atoms with van der Waals surface area (Å²) in [6.07, 6.45) is 40.1. The van der Waals surface area contributed by atoms with Crippen molar-refractivity contribution >= 4 is 60.8 Å². The van der Waals surface area contributed by atoms with Crippen molar-refractivity contribution < 1.29 is 33.8 Å². The van der Waals surface area contributed by atoms with E-state index in [0.29, 0.717) is 12.8 Å². The maximum Gasteiger partial charge on any atom is 0 e. The smallest absolute Gasteiger partial charge is 0 e. The molecule has 0 aromatic heterocycles. The molecule has 0 unspecified atom stereocenters. The summed E-state index contributed by atoms with van der Waals surface area (Å²) >= 11 is 0. The first kappa shape index (κ1) is 46.7. The van der Waals surface area contributed by atoms with Crippen LogP contribution >= 0.6 is 0 Å². The Kier molecular flexibility index (Phi) is 47.1. The van der Waals surface area contributed by atoms with E-state index in [1.807, 2.05) is 0 Å². The zero-order valence-electron chi connectivity index (χ0n) is 27.6. The van der Waals surface area contributed by atoms with Gasteiger partial charge in [0.2, 0.25) is 0 Å². The summed E-state index contributed by atoms with van der Waals surface area (Å²) < 4.78 is 5.01. The van der Waals surface area contributed by atoms with E-state index < -0.39 is 0 Å². The van der Waals surface area contributed by atoms with Crippen molar-refractivity contribution in [1.82, 2.24) is 0 Å². The minimum Gasteiger partial charge on any atom is 0 e. The molecule has 0 saturated carbocycles. The van der Waals surface area contributed by atoms with Crippen molar-refractivity contribution in [3.8, 4) is 0 Å². The van der Waals surface area contributed by atoms with Crippen molar-refractivity contribution in [3.63, 3.8) is 0 Å². The molecule has 0 fully saturated rings. The molecular weight excluding hydrogens is 683 g/mol. The second-order valence-electron chi connectivity index (χ2n) is 12.2. The van der Waals surface area contributed by atoms with Gasteiger partial charge in [-0.05, 0) is 12.8 Å². The summed E-state index contributed by atoms with van der Waals surface area (Å²) in [5.74, 6) is -0.647. The molecule has 0 aliphatic heterocycles. The molecule has 5 heteroatoms. The van der Waals surface area contributed by atoms with Crippen LogP contribution < -0.4 is 0 Å². The Bertz CT molecular complexity index is 471. The van der Waals surface area contributed by atoms with Gasteiger partial charge in [0.25, 0.3) is 0 Å². The summed E-state index contributed by atoms with van der Waals surface area (Å²) in [6.45, 7) is 4.55. The van der Waals surface area contributed by atoms with Crippen molar-refractivity contribution in [3.05, 3.63) is 0 Å². The molecule has 0 bridgehead atoms. The quantitative estimate of drug-likeness (QED) is 0.0297. The average molecular weight is 756 g/mol. The third-order valence-corrected chi connectivity index (χ3v) is 8.20. The van der Waals surface area contributed by atoms with Crippen LogP contribution in [0.25, 0.3) is 0 Å². The van der Waals surface area contributed by atoms with Crippen LogP contribution in [0.2, 0.25) is 0 Å². The predicted octanol–water partition coefficient (Wildman–Crippen LogP) is 11.7. The van der Waals surface area contributed by atoms with E-state index >= 15 is 0 Å². The number of esters is 2. The topological polar surface area (TPSA) is 43.4 Å². The molecule has 0 aromatic rings. The van der Waals surface area contributed by atoms with Crippen LogP contribution in [-0.4, -0.2) is 60.8 Å². The van der Waals surface area contributed by atoms with Gasteiger partial charge in [0.1, 0.15) is 0 Å². The second-order valence-corrected chi connectivity index (χ2v) is 12.2. The van der Waals surface area contributed by atoms with Gasteiger partial charge in [-0.15, -0.1) is 0 Å². The first-order valence-corrected chi connectivity index (χ1v) is 17.9. The molecule has 3 nitrogen and oxygen atoms in total. The first-order valence-electron chi connectivity index (χ1n) is 17.9. The van der Waals surface area contributed by atoms with Crippen LogP contribution in [0.5, 0.6) is 0 Å². The molecule has 0 heterocycles. The van der Waals surface area contributed by atoms with Crippen LogP contribution in [0.1, 0.15) is 219 Å². The zero-order chi connectivity index (χ0) is 28.5. The second kappa shape index (κ2) is 41.3. The summed E-state index contributed by atoms with van der Waals surface area (Å²) in [4.78, 5) is 23.8. The molecule has 0 spiro atoms. The number of carbonyl (C=O) groups is 2. The van der Waals surface area contributed by atoms with Gasteiger partial charge in [-0.1, -0.05) is 194 Å². The van der Waals surface area contributed by atoms with E-state index in [-0.39, 0.29) is 80.3 Å². The molecule has 0 radical (unpaired) electrons. The van der Waals surface area contributed by atoms with Crippen LogP contribution in [0.4, 0.5) is 0 Å². The van der Waals surface area contributed by atoms with E-state index in [0.717, 1.165) is 25.7 Å². The Hall–Kier alpha value is 1.33. The third kappa shape index (κ3) is 41.3. The van der Waals surface area contributed by atoms with Gasteiger partial charge in [-0.2, -0.15) is 0 Å². The van der Waals surface area contributed by atoms with Gasteiger partial charge in [0.15, 0.2) is 0 Å². The van der Waals surface area contributed by atoms with Crippen molar-refractivity contribution in [1.29, 1.82) is 0 Å². The normalized spacial score (nSPS) is 10.7. The minimum atomic E-state index is -0.323. The number of hydrogen-bond donors (Lipinski definition) is 0. The molecule has 0 aliphatic carbocycles. The zero-order valence-corrected chi connectivity index (χ0v) is 30.5. The molecule has 0 rings (SSSR count). The first-order chi connectivity index (χ1) is 19.2. The Morgan fingerprint density at radius 1 is 0.341 bits per heavy atom. The molecule has 238 valence electrons. The van der Waals surface area contributed by atoms with Crippen LogP contribution in [0.15, 0.2) is 0 Å². The van der Waals surface area contributed by atoms with E-state index in [1.165, 1.54) is 167 Å². The number of ether oxygens (including phenoxy) is 1. The number of unbranched alkanes of at least 4 members (excludes halogenated alkanes) is 28. The molecule has 0 N–H and O–H groups in total. The molecule has 0 saturated heterocycles. The van der Waals surface area contributed by atoms with E-state index in [1.54, 1.807) is 0 Å². The SMILES string of the molecule is CCCCCCCCCCCCCCCCCC(=O)OC(=O)CCCCCCCCCCCCCCCCC.[BaH2].[Zn]. The predicted molar refractivity (Wildman–Crippen MR) is 179 cm³/mol. The Morgan fingerprint density at radius 3 is 0.707 bits per heavy atom. The number of hydrogen-bond acceptors (Lipinski definition) is 3. The number of carbonyl (C=O) groups excluding carboxylic acids is 2. The fraction of sp³-hybridized carbons (Fsp3) is 0.944. The van der Waals surface area contributed by atoms with E-state index in [4.69, 9.17) is 4.74 Å². The third-order valence-electron chi connectivity index (χ3n) is 8.20. The van der Waals surface area contributed by atoms with Gasteiger partial charge in [-0.25, -0.2) is 0 Å². The number of rotatable bonds is 32. The summed E-state index contributed by atoms with van der Waals surface area (Å²) in [7, 11) is 0. The summed E-state index contributed by atoms with van der Waals surface area (Å²) in [5.41, 5.74) is 0. The largest absolute Gasteiger partial charge is 0 e. The Balaban J connectivity index is -0.00000722. The van der Waals surface area contributed by atoms with Gasteiger partial charge in [-0.3, -0.25) is 9.59 Å². The molecule has 0 amide bonds. The summed E-state index contributed by atoms with van der Waals surface area (Å²) in [5, 5.41) is 0. The molecule has 0 aromatic carbocycles. The molecule has 41 heavy (non-hydrogen) atoms. The maximum absolute atomic E-state index is 11.9. The van der Waals surface area contributed by atoms with Gasteiger partial charge in [0.05, 0.1) is 0 Å². The van der Waals surface area contributed by atoms with Crippen molar-refractivity contribution in [2.24, 2.45) is 0 Å². The van der Waals surface area contributed by atoms with Crippen LogP contribution in [0, 0.1) is 0 Å². The van der Waals surface area contributed by atoms with Crippen LogP contribution in [-0.2, 0) is 33.8 Å². The van der Waals surface area contributed by atoms with Crippen molar-refractivity contribution in [2.45, 2.75) is 219 Å². The Labute approximate surface area is 310 Å². The average Bonchev–Trinajstić information content (AvgIpc) is 2.93. The fourth-order valence-corrected chi connectivity index (χ4v) is 5.51. The van der Waals surface area contributed by atoms with Crippen molar-refractivity contribution in [2.75, 3.05) is 0 Å². The summed E-state index contributed by atoms with van der Waals surface area (Å²) in [6, 6.07) is 0. The van der Waals surface area contributed by atoms with E-state index in [2.05, 4.69) is 13.8 Å². The molecule has 0 aliphatic rings. The van der Waals surface area contributed by atoms with Gasteiger partial charge < -0.3 is 4.74 Å². The van der Waals surface area contributed by atoms with Crippen LogP contribution in [0.3, 0.4) is 0 Å².